The van der Waals surface area contributed by atoms with E-state index in [-0.39, 0.29) is 11.9 Å². The van der Waals surface area contributed by atoms with Crippen molar-refractivity contribution in [2.45, 2.75) is 31.3 Å². The van der Waals surface area contributed by atoms with Gasteiger partial charge in [0, 0.05) is 0 Å². The molecule has 0 amide bonds. The molecule has 1 aliphatic heterocycles. The van der Waals surface area contributed by atoms with Gasteiger partial charge in [0.2, 0.25) is 0 Å². The smallest absolute Gasteiger partial charge is 0.320 e. The molecule has 3 aromatic carbocycles. The average molecular weight is 389 g/mol. The number of hydrogen-bond donors (Lipinski definition) is 1. The standard InChI is InChI=1S/C25H24FNO2/c26-22-10-6-9-21(17-22)24(27-16-5-4-11-23(27)25(28)29)20-14-12-19(13-15-20)18-7-2-1-3-8-18/h1-3,6-10,12-15,17,23-24H,4-5,11,16H2,(H,28,29). The third kappa shape index (κ3) is 4.22. The van der Waals surface area contributed by atoms with Crippen molar-refractivity contribution in [2.24, 2.45) is 0 Å². The molecule has 29 heavy (non-hydrogen) atoms. The third-order valence-electron chi connectivity index (χ3n) is 5.66. The second kappa shape index (κ2) is 8.58. The van der Waals surface area contributed by atoms with Crippen LogP contribution in [0.4, 0.5) is 4.39 Å². The van der Waals surface area contributed by atoms with Crippen LogP contribution in [0.15, 0.2) is 78.9 Å². The first-order valence-corrected chi connectivity index (χ1v) is 10.0. The number of piperidine rings is 1. The van der Waals surface area contributed by atoms with Gasteiger partial charge in [-0.2, -0.15) is 0 Å². The van der Waals surface area contributed by atoms with Gasteiger partial charge >= 0.3 is 5.97 Å². The van der Waals surface area contributed by atoms with Gasteiger partial charge in [0.1, 0.15) is 11.9 Å². The number of carbonyl (C=O) groups is 1. The summed E-state index contributed by atoms with van der Waals surface area (Å²) in [6.07, 6.45) is 2.46. The molecule has 2 atom stereocenters. The molecule has 0 aliphatic carbocycles. The molecule has 2 unspecified atom stereocenters. The molecule has 1 fully saturated rings. The fourth-order valence-electron chi connectivity index (χ4n) is 4.27. The topological polar surface area (TPSA) is 40.5 Å². The number of aliphatic carboxylic acids is 1. The molecule has 3 nitrogen and oxygen atoms in total. The first-order chi connectivity index (χ1) is 14.1. The van der Waals surface area contributed by atoms with Crippen molar-refractivity contribution in [2.75, 3.05) is 6.54 Å². The van der Waals surface area contributed by atoms with Gasteiger partial charge in [-0.15, -0.1) is 0 Å². The van der Waals surface area contributed by atoms with Crippen LogP contribution < -0.4 is 0 Å². The van der Waals surface area contributed by atoms with E-state index in [9.17, 15) is 14.3 Å². The van der Waals surface area contributed by atoms with E-state index in [1.165, 1.54) is 12.1 Å². The summed E-state index contributed by atoms with van der Waals surface area (Å²) in [6, 6.07) is 23.9. The molecule has 1 aliphatic rings. The van der Waals surface area contributed by atoms with Crippen molar-refractivity contribution in [1.82, 2.24) is 4.90 Å². The molecular weight excluding hydrogens is 365 g/mol. The minimum absolute atomic E-state index is 0.295. The monoisotopic (exact) mass is 389 g/mol. The molecule has 3 aromatic rings. The van der Waals surface area contributed by atoms with Crippen molar-refractivity contribution in [1.29, 1.82) is 0 Å². The number of nitrogens with zero attached hydrogens (tertiary/aromatic N) is 1. The maximum absolute atomic E-state index is 14.0. The van der Waals surface area contributed by atoms with Crippen LogP contribution in [0, 0.1) is 5.82 Å². The van der Waals surface area contributed by atoms with Crippen molar-refractivity contribution in [3.05, 3.63) is 95.8 Å². The summed E-state index contributed by atoms with van der Waals surface area (Å²) in [5.41, 5.74) is 3.98. The zero-order valence-electron chi connectivity index (χ0n) is 16.2. The highest BCUT2D eigenvalue weighted by Gasteiger charge is 2.35. The van der Waals surface area contributed by atoms with Gasteiger partial charge in [-0.25, -0.2) is 4.39 Å². The highest BCUT2D eigenvalue weighted by atomic mass is 19.1. The van der Waals surface area contributed by atoms with E-state index < -0.39 is 12.0 Å². The largest absolute Gasteiger partial charge is 0.480 e. The Morgan fingerprint density at radius 1 is 0.897 bits per heavy atom. The zero-order chi connectivity index (χ0) is 20.2. The fourth-order valence-corrected chi connectivity index (χ4v) is 4.27. The molecule has 1 N–H and O–H groups in total. The normalized spacial score (nSPS) is 18.3. The zero-order valence-corrected chi connectivity index (χ0v) is 16.2. The lowest BCUT2D eigenvalue weighted by Gasteiger charge is -2.39. The summed E-state index contributed by atoms with van der Waals surface area (Å²) in [5, 5.41) is 9.78. The quantitative estimate of drug-likeness (QED) is 0.624. The van der Waals surface area contributed by atoms with Crippen molar-refractivity contribution in [3.63, 3.8) is 0 Å². The number of halogens is 1. The fraction of sp³-hybridized carbons (Fsp3) is 0.240. The Labute approximate surface area is 170 Å². The lowest BCUT2D eigenvalue weighted by Crippen LogP contribution is -2.46. The number of rotatable bonds is 5. The average Bonchev–Trinajstić information content (AvgIpc) is 2.75. The molecule has 0 radical (unpaired) electrons. The molecule has 0 saturated carbocycles. The van der Waals surface area contributed by atoms with Crippen LogP contribution in [0.1, 0.15) is 36.4 Å². The number of hydrogen-bond acceptors (Lipinski definition) is 2. The van der Waals surface area contributed by atoms with E-state index in [1.54, 1.807) is 6.07 Å². The predicted molar refractivity (Wildman–Crippen MR) is 112 cm³/mol. The highest BCUT2D eigenvalue weighted by molar-refractivity contribution is 5.74. The molecular formula is C25H24FNO2. The Bertz CT molecular complexity index is 972. The molecule has 4 heteroatoms. The van der Waals surface area contributed by atoms with Gasteiger partial charge in [-0.05, 0) is 53.8 Å². The van der Waals surface area contributed by atoms with E-state index in [4.69, 9.17) is 0 Å². The van der Waals surface area contributed by atoms with Gasteiger partial charge in [-0.3, -0.25) is 9.69 Å². The maximum atomic E-state index is 14.0. The Hall–Kier alpha value is -2.98. The molecule has 0 spiro atoms. The number of likely N-dealkylation sites (tertiary alicyclic amines) is 1. The van der Waals surface area contributed by atoms with E-state index in [0.29, 0.717) is 13.0 Å². The minimum Gasteiger partial charge on any atom is -0.480 e. The summed E-state index contributed by atoms with van der Waals surface area (Å²) >= 11 is 0. The summed E-state index contributed by atoms with van der Waals surface area (Å²) in [5.74, 6) is -1.12. The van der Waals surface area contributed by atoms with Crippen molar-refractivity contribution in [3.8, 4) is 11.1 Å². The lowest BCUT2D eigenvalue weighted by molar-refractivity contribution is -0.145. The third-order valence-corrected chi connectivity index (χ3v) is 5.66. The van der Waals surface area contributed by atoms with E-state index >= 15 is 0 Å². The maximum Gasteiger partial charge on any atom is 0.320 e. The van der Waals surface area contributed by atoms with E-state index in [0.717, 1.165) is 35.1 Å². The molecule has 1 saturated heterocycles. The summed E-state index contributed by atoms with van der Waals surface area (Å²) in [6.45, 7) is 0.679. The van der Waals surface area contributed by atoms with Crippen molar-refractivity contribution >= 4 is 5.97 Å². The Kier molecular flexibility index (Phi) is 5.72. The first-order valence-electron chi connectivity index (χ1n) is 10.0. The van der Waals surface area contributed by atoms with Crippen molar-refractivity contribution < 1.29 is 14.3 Å². The van der Waals surface area contributed by atoms with Crippen LogP contribution in [0.3, 0.4) is 0 Å². The summed E-state index contributed by atoms with van der Waals surface area (Å²) in [7, 11) is 0. The van der Waals surface area contributed by atoms with E-state index in [2.05, 4.69) is 24.3 Å². The van der Waals surface area contributed by atoms with Crippen LogP contribution >= 0.6 is 0 Å². The van der Waals surface area contributed by atoms with Gasteiger partial charge < -0.3 is 5.11 Å². The summed E-state index contributed by atoms with van der Waals surface area (Å²) in [4.78, 5) is 13.9. The molecule has 4 rings (SSSR count). The Morgan fingerprint density at radius 3 is 2.31 bits per heavy atom. The molecule has 1 heterocycles. The number of carboxylic acid groups (broad SMARTS) is 1. The SMILES string of the molecule is O=C(O)C1CCCCN1C(c1ccc(-c2ccccc2)cc1)c1cccc(F)c1. The Morgan fingerprint density at radius 2 is 1.62 bits per heavy atom. The van der Waals surface area contributed by atoms with Gasteiger partial charge in [-0.1, -0.05) is 73.2 Å². The molecule has 148 valence electrons. The van der Waals surface area contributed by atoms with Crippen LogP contribution in [0.2, 0.25) is 0 Å². The van der Waals surface area contributed by atoms with Gasteiger partial charge in [0.15, 0.2) is 0 Å². The van der Waals surface area contributed by atoms with Crippen LogP contribution in [0.5, 0.6) is 0 Å². The highest BCUT2D eigenvalue weighted by Crippen LogP contribution is 2.35. The number of benzene rings is 3. The lowest BCUT2D eigenvalue weighted by atomic mass is 9.90. The van der Waals surface area contributed by atoms with Crippen LogP contribution in [0.25, 0.3) is 11.1 Å². The molecule has 0 aromatic heterocycles. The van der Waals surface area contributed by atoms with Crippen LogP contribution in [-0.2, 0) is 4.79 Å². The van der Waals surface area contributed by atoms with E-state index in [1.807, 2.05) is 41.3 Å². The van der Waals surface area contributed by atoms with Gasteiger partial charge in [0.25, 0.3) is 0 Å². The predicted octanol–water partition coefficient (Wildman–Crippen LogP) is 5.52. The minimum atomic E-state index is -0.813. The summed E-state index contributed by atoms with van der Waals surface area (Å²) < 4.78 is 14.0. The second-order valence-electron chi connectivity index (χ2n) is 7.53. The first kappa shape index (κ1) is 19.3. The number of carboxylic acids is 1. The van der Waals surface area contributed by atoms with Gasteiger partial charge in [0.05, 0.1) is 6.04 Å². The Balaban J connectivity index is 1.75. The van der Waals surface area contributed by atoms with Crippen LogP contribution in [-0.4, -0.2) is 28.6 Å². The molecule has 0 bridgehead atoms. The second-order valence-corrected chi connectivity index (χ2v) is 7.53.